The van der Waals surface area contributed by atoms with Gasteiger partial charge in [0.25, 0.3) is 0 Å². The van der Waals surface area contributed by atoms with E-state index >= 15 is 0 Å². The van der Waals surface area contributed by atoms with Gasteiger partial charge in [0.2, 0.25) is 35.4 Å². The van der Waals surface area contributed by atoms with Gasteiger partial charge in [-0.25, -0.2) is 0 Å². The monoisotopic (exact) mass is 950 g/mol. The second-order valence-corrected chi connectivity index (χ2v) is 13.9. The minimum absolute atomic E-state index is 0. The number of nitrogens with two attached hydrogens (primary N) is 1. The van der Waals surface area contributed by atoms with Crippen molar-refractivity contribution in [3.63, 3.8) is 0 Å². The fraction of sp³-hybridized carbons (Fsp3) is 0.606. The molecule has 0 bridgehead atoms. The second-order valence-electron chi connectivity index (χ2n) is 13.9. The van der Waals surface area contributed by atoms with Crippen LogP contribution in [0.15, 0.2) is 24.3 Å². The number of aliphatic hydroxyl groups is 7. The second kappa shape index (κ2) is 19.3. The summed E-state index contributed by atoms with van der Waals surface area (Å²) in [5.74, 6) is -7.60. The standard InChI is InChI=1S/C33H48N7O14.W/c1-13-10-40-25(26(13)47)31(52)38-29(50)22(46)9-18(34)27(48)36-23(14(2)42)33(54)39-11-17(44)8-20(39)28(49)37-24(30(51)35-19(12-41)32(40)53)21(45)7-15-3-5-16(43)6-4-15;/h3-7,13-14,17-26,29,41-47,50H,8-12,34H2,1-2H3,(H,35,51)(H,36,48)(H,37,49)(H,38,52);/q-1;. The van der Waals surface area contributed by atoms with Gasteiger partial charge in [-0.15, -0.1) is 0 Å². The molecule has 14 N–H and O–H groups in total. The van der Waals surface area contributed by atoms with Crippen LogP contribution in [0.1, 0.15) is 32.3 Å². The zero-order valence-electron chi connectivity index (χ0n) is 29.8. The van der Waals surface area contributed by atoms with Gasteiger partial charge < -0.3 is 77.7 Å². The number of carbonyl (C=O) groups is 6. The zero-order chi connectivity index (χ0) is 40.2. The van der Waals surface area contributed by atoms with Crippen molar-refractivity contribution < 1.29 is 90.7 Å². The summed E-state index contributed by atoms with van der Waals surface area (Å²) in [6.45, 7) is 0.823. The van der Waals surface area contributed by atoms with Crippen LogP contribution in [0.4, 0.5) is 0 Å². The van der Waals surface area contributed by atoms with Crippen LogP contribution in [0.2, 0.25) is 0 Å². The van der Waals surface area contributed by atoms with E-state index in [1.165, 1.54) is 31.2 Å². The molecule has 306 valence electrons. The number of phenolic OH excluding ortho intramolecular Hbond substituents is 1. The molecule has 55 heavy (non-hydrogen) atoms. The summed E-state index contributed by atoms with van der Waals surface area (Å²) in [4.78, 5) is 83.2. The number of amides is 6. The van der Waals surface area contributed by atoms with Crippen molar-refractivity contribution in [1.82, 2.24) is 31.1 Å². The summed E-state index contributed by atoms with van der Waals surface area (Å²) in [6, 6.07) is -5.16. The zero-order valence-corrected chi connectivity index (χ0v) is 32.8. The Bertz CT molecular complexity index is 1560. The van der Waals surface area contributed by atoms with E-state index in [0.717, 1.165) is 23.1 Å². The first-order chi connectivity index (χ1) is 25.3. The smallest absolute Gasteiger partial charge is 0.248 e. The van der Waals surface area contributed by atoms with Crippen LogP contribution in [0.5, 0.6) is 5.75 Å². The van der Waals surface area contributed by atoms with Crippen molar-refractivity contribution in [3.8, 4) is 5.75 Å². The molecule has 3 fully saturated rings. The fourth-order valence-corrected chi connectivity index (χ4v) is 6.59. The van der Waals surface area contributed by atoms with Gasteiger partial charge >= 0.3 is 0 Å². The number of aromatic hydroxyl groups is 1. The summed E-state index contributed by atoms with van der Waals surface area (Å²) >= 11 is 0. The number of hydrogen-bond donors (Lipinski definition) is 13. The van der Waals surface area contributed by atoms with E-state index in [1.54, 1.807) is 0 Å². The third-order valence-electron chi connectivity index (χ3n) is 9.65. The largest absolute Gasteiger partial charge is 0.510 e. The molecule has 1 aromatic rings. The van der Waals surface area contributed by atoms with Crippen LogP contribution in [0, 0.1) is 12.3 Å². The molecule has 0 spiro atoms. The number of nitrogens with one attached hydrogen (secondary N) is 4. The Morgan fingerprint density at radius 1 is 0.818 bits per heavy atom. The molecule has 22 heteroatoms. The average molecular weight is 951 g/mol. The van der Waals surface area contributed by atoms with Crippen molar-refractivity contribution in [2.75, 3.05) is 19.7 Å². The Morgan fingerprint density at radius 2 is 1.44 bits per heavy atom. The SMILES string of the molecule is CC(O)C1NC(=O)C(N)CC(O)C(O)NC(=O)C2C(O)C(C)CN2C(=O)C(CO)NC(=O)C(C(O)[CH-]c2ccc(O)cc2)NC(=O)C2CC(O)CN2C1=O.[W]. The van der Waals surface area contributed by atoms with Gasteiger partial charge in [-0.3, -0.25) is 28.8 Å². The predicted molar refractivity (Wildman–Crippen MR) is 182 cm³/mol. The predicted octanol–water partition coefficient (Wildman–Crippen LogP) is -7.17. The van der Waals surface area contributed by atoms with Gasteiger partial charge in [-0.05, 0) is 6.92 Å². The normalized spacial score (nSPS) is 34.1. The van der Waals surface area contributed by atoms with Crippen molar-refractivity contribution in [3.05, 3.63) is 36.2 Å². The molecule has 13 atom stereocenters. The maximum atomic E-state index is 13.8. The summed E-state index contributed by atoms with van der Waals surface area (Å²) in [7, 11) is 0. The average Bonchev–Trinajstić information content (AvgIpc) is 3.66. The van der Waals surface area contributed by atoms with E-state index in [1.807, 2.05) is 5.32 Å². The molecule has 1 aromatic carbocycles. The number of hydrogen-bond acceptors (Lipinski definition) is 15. The molecule has 3 aliphatic heterocycles. The number of phenols is 1. The minimum Gasteiger partial charge on any atom is -0.510 e. The number of carbonyl (C=O) groups excluding carboxylic acids is 6. The van der Waals surface area contributed by atoms with Crippen LogP contribution < -0.4 is 27.0 Å². The van der Waals surface area contributed by atoms with Crippen molar-refractivity contribution in [2.45, 2.75) is 99.7 Å². The van der Waals surface area contributed by atoms with E-state index in [9.17, 15) is 69.6 Å². The summed E-state index contributed by atoms with van der Waals surface area (Å²) < 4.78 is 0. The molecule has 13 unspecified atom stereocenters. The summed E-state index contributed by atoms with van der Waals surface area (Å²) in [5.41, 5.74) is 6.19. The summed E-state index contributed by atoms with van der Waals surface area (Å²) in [5, 5.41) is 93.0. The van der Waals surface area contributed by atoms with Gasteiger partial charge in [0.1, 0.15) is 36.3 Å². The first kappa shape index (κ1) is 45.5. The molecular formula is C33H48N7O14W-. The summed E-state index contributed by atoms with van der Waals surface area (Å²) in [6.07, 6.45) is -10.3. The third-order valence-corrected chi connectivity index (χ3v) is 9.65. The fourth-order valence-electron chi connectivity index (χ4n) is 6.59. The van der Waals surface area contributed by atoms with E-state index in [-0.39, 0.29) is 45.3 Å². The van der Waals surface area contributed by atoms with E-state index in [2.05, 4.69) is 16.0 Å². The quantitative estimate of drug-likeness (QED) is 0.122. The number of aliphatic hydroxyl groups excluding tert-OH is 7. The van der Waals surface area contributed by atoms with Crippen molar-refractivity contribution in [1.29, 1.82) is 0 Å². The molecule has 4 rings (SSSR count). The van der Waals surface area contributed by atoms with E-state index in [0.29, 0.717) is 0 Å². The Hall–Kier alpha value is -3.92. The van der Waals surface area contributed by atoms with Crippen LogP contribution >= 0.6 is 0 Å². The van der Waals surface area contributed by atoms with E-state index in [4.69, 9.17) is 5.73 Å². The first-order valence-corrected chi connectivity index (χ1v) is 17.3. The Balaban J connectivity index is 0.00000812. The van der Waals surface area contributed by atoms with Gasteiger partial charge in [-0.2, -0.15) is 24.1 Å². The van der Waals surface area contributed by atoms with Gasteiger partial charge in [0, 0.05) is 52.9 Å². The molecule has 0 saturated carbocycles. The topological polar surface area (TPSA) is 345 Å². The number of fused-ring (bicyclic) bond motifs is 2. The Kier molecular flexibility index (Phi) is 15.9. The van der Waals surface area contributed by atoms with Gasteiger partial charge in [-0.1, -0.05) is 19.1 Å². The molecular weight excluding hydrogens is 902 g/mol. The molecule has 21 nitrogen and oxygen atoms in total. The maximum absolute atomic E-state index is 13.8. The Morgan fingerprint density at radius 3 is 2.04 bits per heavy atom. The molecule has 6 amide bonds. The molecule has 3 saturated heterocycles. The van der Waals surface area contributed by atoms with Crippen molar-refractivity contribution in [2.24, 2.45) is 11.7 Å². The van der Waals surface area contributed by atoms with Gasteiger partial charge in [0.15, 0.2) is 6.23 Å². The first-order valence-electron chi connectivity index (χ1n) is 17.3. The van der Waals surface area contributed by atoms with Crippen LogP contribution in [-0.4, -0.2) is 179 Å². The third kappa shape index (κ3) is 10.7. The molecule has 0 aromatic heterocycles. The number of rotatable bonds is 5. The molecule has 3 heterocycles. The van der Waals surface area contributed by atoms with E-state index < -0.39 is 134 Å². The maximum Gasteiger partial charge on any atom is 0.248 e. The van der Waals surface area contributed by atoms with Crippen LogP contribution in [0.3, 0.4) is 0 Å². The number of nitrogens with zero attached hydrogens (tertiary/aromatic N) is 2. The minimum atomic E-state index is -2.11. The Labute approximate surface area is 329 Å². The number of benzene rings is 1. The van der Waals surface area contributed by atoms with Gasteiger partial charge in [0.05, 0.1) is 42.8 Å². The molecule has 0 aliphatic carbocycles. The van der Waals surface area contributed by atoms with Crippen molar-refractivity contribution >= 4 is 35.4 Å². The van der Waals surface area contributed by atoms with Crippen LogP contribution in [0.25, 0.3) is 0 Å². The molecule has 0 radical (unpaired) electrons. The van der Waals surface area contributed by atoms with Crippen LogP contribution in [-0.2, 0) is 49.8 Å². The molecule has 3 aliphatic rings.